The monoisotopic (exact) mass is 393 g/mol. The molecule has 0 aliphatic rings. The summed E-state index contributed by atoms with van der Waals surface area (Å²) in [6, 6.07) is 4.28. The summed E-state index contributed by atoms with van der Waals surface area (Å²) in [5.74, 6) is -2.47. The molecule has 1 aromatic carbocycles. The van der Waals surface area contributed by atoms with Gasteiger partial charge in [0.05, 0.1) is 12.1 Å². The minimum absolute atomic E-state index is 0.0358. The lowest BCUT2D eigenvalue weighted by Gasteiger charge is -2.14. The largest absolute Gasteiger partial charge is 0.480 e. The highest BCUT2D eigenvalue weighted by Gasteiger charge is 2.21. The number of carboxylic acids is 1. The van der Waals surface area contributed by atoms with Crippen LogP contribution in [0.1, 0.15) is 25.1 Å². The highest BCUT2D eigenvalue weighted by atomic mass is 32.1. The van der Waals surface area contributed by atoms with Crippen LogP contribution >= 0.6 is 11.3 Å². The SMILES string of the molecule is CC(C)C(=O)Nc1nc(CC(=O)NC(Cc2ccc(F)cc2)C(=O)O)cs1. The number of amides is 2. The zero-order valence-corrected chi connectivity index (χ0v) is 15.7. The number of rotatable bonds is 8. The molecule has 144 valence electrons. The van der Waals surface area contributed by atoms with Crippen LogP contribution in [0.5, 0.6) is 0 Å². The summed E-state index contributed by atoms with van der Waals surface area (Å²) in [5.41, 5.74) is 1.03. The summed E-state index contributed by atoms with van der Waals surface area (Å²) < 4.78 is 12.9. The molecule has 1 unspecified atom stereocenters. The van der Waals surface area contributed by atoms with E-state index in [1.807, 2.05) is 0 Å². The maximum atomic E-state index is 12.9. The van der Waals surface area contributed by atoms with E-state index in [-0.39, 0.29) is 24.7 Å². The molecule has 2 amide bonds. The zero-order chi connectivity index (χ0) is 20.0. The first kappa shape index (κ1) is 20.5. The van der Waals surface area contributed by atoms with Crippen molar-refractivity contribution in [2.24, 2.45) is 5.92 Å². The molecule has 1 atom stereocenters. The molecule has 0 bridgehead atoms. The minimum Gasteiger partial charge on any atom is -0.480 e. The molecule has 0 spiro atoms. The molecular weight excluding hydrogens is 373 g/mol. The van der Waals surface area contributed by atoms with Gasteiger partial charge in [-0.2, -0.15) is 0 Å². The lowest BCUT2D eigenvalue weighted by Crippen LogP contribution is -2.43. The molecule has 1 aromatic heterocycles. The Bertz CT molecular complexity index is 820. The number of hydrogen-bond donors (Lipinski definition) is 3. The molecule has 27 heavy (non-hydrogen) atoms. The second kappa shape index (κ2) is 9.22. The second-order valence-electron chi connectivity index (χ2n) is 6.25. The number of nitrogens with one attached hydrogen (secondary N) is 2. The molecule has 0 saturated carbocycles. The lowest BCUT2D eigenvalue weighted by atomic mass is 10.1. The third kappa shape index (κ3) is 6.45. The van der Waals surface area contributed by atoms with Crippen molar-refractivity contribution in [1.82, 2.24) is 10.3 Å². The standard InChI is InChI=1S/C18H20FN3O4S/c1-10(2)16(24)22-18-20-13(9-27-18)8-15(23)21-14(17(25)26)7-11-3-5-12(19)6-4-11/h3-6,9-10,14H,7-8H2,1-2H3,(H,21,23)(H,25,26)(H,20,22,24). The van der Waals surface area contributed by atoms with E-state index in [1.165, 1.54) is 35.6 Å². The van der Waals surface area contributed by atoms with E-state index in [0.29, 0.717) is 16.4 Å². The maximum Gasteiger partial charge on any atom is 0.326 e. The summed E-state index contributed by atoms with van der Waals surface area (Å²) >= 11 is 1.19. The molecule has 0 radical (unpaired) electrons. The van der Waals surface area contributed by atoms with Gasteiger partial charge in [0.25, 0.3) is 0 Å². The lowest BCUT2D eigenvalue weighted by molar-refractivity contribution is -0.141. The van der Waals surface area contributed by atoms with Gasteiger partial charge >= 0.3 is 5.97 Å². The van der Waals surface area contributed by atoms with Crippen molar-refractivity contribution in [2.45, 2.75) is 32.7 Å². The molecule has 0 aliphatic carbocycles. The van der Waals surface area contributed by atoms with Crippen LogP contribution in [0.4, 0.5) is 9.52 Å². The van der Waals surface area contributed by atoms with E-state index >= 15 is 0 Å². The van der Waals surface area contributed by atoms with Crippen LogP contribution in [0, 0.1) is 11.7 Å². The van der Waals surface area contributed by atoms with Gasteiger partial charge in [0.15, 0.2) is 5.13 Å². The Morgan fingerprint density at radius 3 is 2.48 bits per heavy atom. The van der Waals surface area contributed by atoms with Crippen LogP contribution in [-0.4, -0.2) is 33.9 Å². The van der Waals surface area contributed by atoms with Crippen LogP contribution in [0.3, 0.4) is 0 Å². The summed E-state index contributed by atoms with van der Waals surface area (Å²) in [4.78, 5) is 39.4. The molecule has 1 heterocycles. The average molecular weight is 393 g/mol. The van der Waals surface area contributed by atoms with Crippen LogP contribution in [0.25, 0.3) is 0 Å². The smallest absolute Gasteiger partial charge is 0.326 e. The summed E-state index contributed by atoms with van der Waals surface area (Å²) in [5, 5.41) is 16.4. The van der Waals surface area contributed by atoms with Gasteiger partial charge in [-0.25, -0.2) is 14.2 Å². The number of aliphatic carboxylic acids is 1. The van der Waals surface area contributed by atoms with Crippen molar-refractivity contribution in [2.75, 3.05) is 5.32 Å². The van der Waals surface area contributed by atoms with Crippen LogP contribution in [-0.2, 0) is 27.2 Å². The molecule has 0 saturated heterocycles. The highest BCUT2D eigenvalue weighted by Crippen LogP contribution is 2.17. The van der Waals surface area contributed by atoms with Gasteiger partial charge in [-0.3, -0.25) is 9.59 Å². The van der Waals surface area contributed by atoms with Crippen molar-refractivity contribution in [3.05, 3.63) is 46.7 Å². The molecular formula is C18H20FN3O4S. The Morgan fingerprint density at radius 2 is 1.89 bits per heavy atom. The summed E-state index contributed by atoms with van der Waals surface area (Å²) in [6.45, 7) is 3.51. The predicted molar refractivity (Wildman–Crippen MR) is 99.0 cm³/mol. The molecule has 2 aromatic rings. The maximum absolute atomic E-state index is 12.9. The number of aromatic nitrogens is 1. The van der Waals surface area contributed by atoms with E-state index in [0.717, 1.165) is 0 Å². The van der Waals surface area contributed by atoms with Crippen LogP contribution in [0.15, 0.2) is 29.6 Å². The van der Waals surface area contributed by atoms with Gasteiger partial charge in [-0.05, 0) is 17.7 Å². The first-order valence-corrected chi connectivity index (χ1v) is 9.14. The van der Waals surface area contributed by atoms with E-state index in [9.17, 15) is 23.9 Å². The molecule has 2 rings (SSSR count). The Morgan fingerprint density at radius 1 is 1.22 bits per heavy atom. The fourth-order valence-corrected chi connectivity index (χ4v) is 2.87. The number of carbonyl (C=O) groups excluding carboxylic acids is 2. The quantitative estimate of drug-likeness (QED) is 0.637. The van der Waals surface area contributed by atoms with Gasteiger partial charge in [-0.1, -0.05) is 26.0 Å². The van der Waals surface area contributed by atoms with Gasteiger partial charge < -0.3 is 15.7 Å². The van der Waals surface area contributed by atoms with Gasteiger partial charge in [0.1, 0.15) is 11.9 Å². The number of carboxylic acid groups (broad SMARTS) is 1. The molecule has 0 fully saturated rings. The van der Waals surface area contributed by atoms with Crippen molar-refractivity contribution in [1.29, 1.82) is 0 Å². The van der Waals surface area contributed by atoms with Crippen LogP contribution < -0.4 is 10.6 Å². The Kier molecular flexibility index (Phi) is 7.00. The Labute approximate surface area is 159 Å². The molecule has 3 N–H and O–H groups in total. The fraction of sp³-hybridized carbons (Fsp3) is 0.333. The van der Waals surface area contributed by atoms with Gasteiger partial charge in [0.2, 0.25) is 11.8 Å². The first-order chi connectivity index (χ1) is 12.7. The number of anilines is 1. The predicted octanol–water partition coefficient (Wildman–Crippen LogP) is 2.23. The van der Waals surface area contributed by atoms with Crippen LogP contribution in [0.2, 0.25) is 0 Å². The minimum atomic E-state index is -1.18. The normalized spacial score (nSPS) is 11.9. The topological polar surface area (TPSA) is 108 Å². The van der Waals surface area contributed by atoms with E-state index in [4.69, 9.17) is 0 Å². The van der Waals surface area contributed by atoms with Crippen molar-refractivity contribution in [3.63, 3.8) is 0 Å². The van der Waals surface area contributed by atoms with Gasteiger partial charge in [-0.15, -0.1) is 11.3 Å². The number of hydrogen-bond acceptors (Lipinski definition) is 5. The second-order valence-corrected chi connectivity index (χ2v) is 7.11. The van der Waals surface area contributed by atoms with E-state index in [2.05, 4.69) is 15.6 Å². The highest BCUT2D eigenvalue weighted by molar-refractivity contribution is 7.13. The third-order valence-corrected chi connectivity index (χ3v) is 4.44. The molecule has 9 heteroatoms. The zero-order valence-electron chi connectivity index (χ0n) is 14.9. The number of halogens is 1. The van der Waals surface area contributed by atoms with Crippen molar-refractivity contribution >= 4 is 34.3 Å². The Hall–Kier alpha value is -2.81. The van der Waals surface area contributed by atoms with E-state index < -0.39 is 23.7 Å². The van der Waals surface area contributed by atoms with Crippen molar-refractivity contribution < 1.29 is 23.9 Å². The van der Waals surface area contributed by atoms with Crippen molar-refractivity contribution in [3.8, 4) is 0 Å². The van der Waals surface area contributed by atoms with Gasteiger partial charge in [0, 0.05) is 17.7 Å². The number of thiazole rings is 1. The number of benzene rings is 1. The molecule has 0 aliphatic heterocycles. The average Bonchev–Trinajstić information content (AvgIpc) is 3.02. The molecule has 7 nitrogen and oxygen atoms in total. The number of carbonyl (C=O) groups is 3. The summed E-state index contributed by atoms with van der Waals surface area (Å²) in [7, 11) is 0. The van der Waals surface area contributed by atoms with E-state index in [1.54, 1.807) is 19.2 Å². The third-order valence-electron chi connectivity index (χ3n) is 3.63. The number of nitrogens with zero attached hydrogens (tertiary/aromatic N) is 1. The Balaban J connectivity index is 1.94. The first-order valence-electron chi connectivity index (χ1n) is 8.26. The summed E-state index contributed by atoms with van der Waals surface area (Å²) in [6.07, 6.45) is -0.0740. The fourth-order valence-electron chi connectivity index (χ4n) is 2.16.